The van der Waals surface area contributed by atoms with Gasteiger partial charge in [0.1, 0.15) is 0 Å². The molecule has 0 aliphatic carbocycles. The van der Waals surface area contributed by atoms with Crippen molar-refractivity contribution in [3.8, 4) is 0 Å². The molecule has 0 saturated carbocycles. The lowest BCUT2D eigenvalue weighted by atomic mass is 9.33. The number of hydrogen-bond donors (Lipinski definition) is 1. The third kappa shape index (κ3) is 7.73. The number of allylic oxidation sites excluding steroid dienone is 3. The molecule has 2 aliphatic heterocycles. The molecule has 1 N–H and O–H groups in total. The van der Waals surface area contributed by atoms with Gasteiger partial charge >= 0.3 is 0 Å². The molecule has 3 heteroatoms. The Hall–Kier alpha value is -4.24. The van der Waals surface area contributed by atoms with Gasteiger partial charge in [0, 0.05) is 29.0 Å². The third-order valence-corrected chi connectivity index (χ3v) is 11.2. The molecule has 0 amide bonds. The minimum absolute atomic E-state index is 0.00779. The van der Waals surface area contributed by atoms with Crippen LogP contribution in [0.3, 0.4) is 0 Å². The number of benzene rings is 4. The Bertz CT molecular complexity index is 2090. The number of anilines is 3. The van der Waals surface area contributed by atoms with Crippen molar-refractivity contribution in [2.24, 2.45) is 5.41 Å². The van der Waals surface area contributed by atoms with Crippen molar-refractivity contribution in [3.05, 3.63) is 142 Å². The third-order valence-electron chi connectivity index (χ3n) is 11.2. The zero-order valence-corrected chi connectivity index (χ0v) is 35.3. The molecule has 4 aromatic carbocycles. The maximum atomic E-state index is 3.80. The quantitative estimate of drug-likeness (QED) is 0.209. The minimum Gasteiger partial charge on any atom is -0.362 e. The van der Waals surface area contributed by atoms with E-state index in [0.717, 1.165) is 5.69 Å². The monoisotopic (exact) mass is 703 g/mol. The molecule has 0 aromatic heterocycles. The van der Waals surface area contributed by atoms with Crippen LogP contribution in [0.2, 0.25) is 0 Å². The van der Waals surface area contributed by atoms with E-state index in [2.05, 4.69) is 217 Å². The highest BCUT2D eigenvalue weighted by molar-refractivity contribution is 7.02. The Morgan fingerprint density at radius 2 is 0.962 bits per heavy atom. The van der Waals surface area contributed by atoms with Crippen LogP contribution in [0, 0.1) is 5.41 Å². The summed E-state index contributed by atoms with van der Waals surface area (Å²) in [6.07, 6.45) is 6.92. The van der Waals surface area contributed by atoms with E-state index < -0.39 is 0 Å². The van der Waals surface area contributed by atoms with Crippen LogP contribution in [0.5, 0.6) is 0 Å². The van der Waals surface area contributed by atoms with Crippen molar-refractivity contribution in [1.29, 1.82) is 0 Å². The number of nitrogens with zero attached hydrogens (tertiary/aromatic N) is 1. The molecule has 53 heavy (non-hydrogen) atoms. The Labute approximate surface area is 322 Å². The number of nitrogens with one attached hydrogen (secondary N) is 1. The molecule has 0 spiro atoms. The van der Waals surface area contributed by atoms with Gasteiger partial charge in [0.25, 0.3) is 0 Å². The SMILES string of the molecule is CC(C)(C)C1=CC2=C(c3ccc(C(C)(C)C)cc3)B(c3cc(C(C)(C)C)ccc3NC=C1)c1cc(C(C)(C)C)ccc1N2c1ccc(C(C)(C)C)cc1. The topological polar surface area (TPSA) is 15.3 Å². The summed E-state index contributed by atoms with van der Waals surface area (Å²) in [7, 11) is 0. The van der Waals surface area contributed by atoms with E-state index in [9.17, 15) is 0 Å². The number of rotatable bonds is 2. The Balaban J connectivity index is 1.82. The van der Waals surface area contributed by atoms with Crippen LogP contribution < -0.4 is 21.1 Å². The normalized spacial score (nSPS) is 15.5. The Kier molecular flexibility index (Phi) is 9.63. The summed E-state index contributed by atoms with van der Waals surface area (Å²) in [5.74, 6) is 0. The van der Waals surface area contributed by atoms with Crippen molar-refractivity contribution in [2.45, 2.75) is 126 Å². The largest absolute Gasteiger partial charge is 0.362 e. The second-order valence-electron chi connectivity index (χ2n) is 20.6. The Morgan fingerprint density at radius 1 is 0.491 bits per heavy atom. The van der Waals surface area contributed by atoms with Crippen LogP contribution in [0.4, 0.5) is 17.1 Å². The van der Waals surface area contributed by atoms with Gasteiger partial charge in [0.15, 0.2) is 0 Å². The lowest BCUT2D eigenvalue weighted by molar-refractivity contribution is 0.516. The molecule has 0 atom stereocenters. The van der Waals surface area contributed by atoms with Crippen molar-refractivity contribution in [1.82, 2.24) is 0 Å². The highest BCUT2D eigenvalue weighted by Gasteiger charge is 2.40. The Morgan fingerprint density at radius 3 is 1.47 bits per heavy atom. The summed E-state index contributed by atoms with van der Waals surface area (Å²) in [4.78, 5) is 2.56. The van der Waals surface area contributed by atoms with Gasteiger partial charge in [-0.15, -0.1) is 0 Å². The molecule has 0 unspecified atom stereocenters. The molecule has 4 aromatic rings. The van der Waals surface area contributed by atoms with Crippen molar-refractivity contribution < 1.29 is 0 Å². The molecule has 2 aliphatic rings. The van der Waals surface area contributed by atoms with Gasteiger partial charge in [0.05, 0.1) is 0 Å². The predicted octanol–water partition coefficient (Wildman–Crippen LogP) is 12.5. The van der Waals surface area contributed by atoms with Crippen LogP contribution in [0.15, 0.2) is 115 Å². The highest BCUT2D eigenvalue weighted by Crippen LogP contribution is 2.44. The van der Waals surface area contributed by atoms with Crippen LogP contribution in [-0.4, -0.2) is 6.71 Å². The predicted molar refractivity (Wildman–Crippen MR) is 235 cm³/mol. The van der Waals surface area contributed by atoms with E-state index in [1.807, 2.05) is 0 Å². The van der Waals surface area contributed by atoms with Crippen LogP contribution in [-0.2, 0) is 21.7 Å². The average molecular weight is 703 g/mol. The molecule has 0 radical (unpaired) electrons. The molecular formula is C50H63BN2. The zero-order chi connectivity index (χ0) is 38.9. The first-order valence-electron chi connectivity index (χ1n) is 19.6. The standard InChI is InChI=1S/C50H63BN2/c1-46(2,3)34-18-16-33(17-19-34)45-44-32-38(50(13,14)15)28-29-52-42-26-22-36(48(7,8)9)30-40(42)51(45)41-31-37(49(10,11)12)23-27-43(41)53(44)39-24-20-35(21-25-39)47(4,5)6/h16-32,52H,1-15H3. The summed E-state index contributed by atoms with van der Waals surface area (Å²) < 4.78 is 0. The second kappa shape index (κ2) is 13.3. The smallest absolute Gasteiger partial charge is 0.250 e. The van der Waals surface area contributed by atoms with E-state index in [0.29, 0.717) is 0 Å². The number of fused-ring (bicyclic) bond motifs is 5. The average Bonchev–Trinajstić information content (AvgIpc) is 3.05. The second-order valence-corrected chi connectivity index (χ2v) is 20.6. The molecular weight excluding hydrogens is 639 g/mol. The molecule has 2 heterocycles. The first kappa shape index (κ1) is 38.5. The summed E-state index contributed by atoms with van der Waals surface area (Å²) in [6.45, 7) is 34.7. The van der Waals surface area contributed by atoms with E-state index in [1.165, 1.54) is 66.9 Å². The fraction of sp³-hybridized carbons (Fsp3) is 0.400. The molecule has 2 bridgehead atoms. The van der Waals surface area contributed by atoms with E-state index in [-0.39, 0.29) is 33.8 Å². The molecule has 2 nitrogen and oxygen atoms in total. The summed E-state index contributed by atoms with van der Waals surface area (Å²) >= 11 is 0. The van der Waals surface area contributed by atoms with Gasteiger partial charge in [-0.25, -0.2) is 0 Å². The van der Waals surface area contributed by atoms with Crippen molar-refractivity contribution >= 4 is 40.2 Å². The molecule has 0 fully saturated rings. The lowest BCUT2D eigenvalue weighted by Gasteiger charge is -2.41. The number of hydrogen-bond acceptors (Lipinski definition) is 2. The summed E-state index contributed by atoms with van der Waals surface area (Å²) in [6, 6.07) is 33.2. The van der Waals surface area contributed by atoms with Gasteiger partial charge < -0.3 is 10.2 Å². The maximum absolute atomic E-state index is 3.80. The van der Waals surface area contributed by atoms with Gasteiger partial charge in [-0.3, -0.25) is 0 Å². The first-order chi connectivity index (χ1) is 24.4. The van der Waals surface area contributed by atoms with Gasteiger partial charge in [-0.05, 0) is 113 Å². The fourth-order valence-electron chi connectivity index (χ4n) is 7.61. The highest BCUT2D eigenvalue weighted by atomic mass is 15.2. The summed E-state index contributed by atoms with van der Waals surface area (Å²) in [5, 5.41) is 3.80. The molecule has 6 rings (SSSR count). The minimum atomic E-state index is -0.0991. The van der Waals surface area contributed by atoms with Crippen LogP contribution in [0.25, 0.3) is 5.47 Å². The summed E-state index contributed by atoms with van der Waals surface area (Å²) in [5.41, 5.74) is 16.6. The van der Waals surface area contributed by atoms with E-state index >= 15 is 0 Å². The van der Waals surface area contributed by atoms with Gasteiger partial charge in [-0.1, -0.05) is 165 Å². The van der Waals surface area contributed by atoms with E-state index in [1.54, 1.807) is 0 Å². The fourth-order valence-corrected chi connectivity index (χ4v) is 7.61. The molecule has 0 saturated heterocycles. The van der Waals surface area contributed by atoms with Crippen LogP contribution in [0.1, 0.15) is 132 Å². The van der Waals surface area contributed by atoms with Crippen LogP contribution >= 0.6 is 0 Å². The first-order valence-corrected chi connectivity index (χ1v) is 19.6. The van der Waals surface area contributed by atoms with Gasteiger partial charge in [0.2, 0.25) is 6.71 Å². The lowest BCUT2D eigenvalue weighted by Crippen LogP contribution is -2.51. The maximum Gasteiger partial charge on any atom is 0.250 e. The zero-order valence-electron chi connectivity index (χ0n) is 35.3. The van der Waals surface area contributed by atoms with E-state index in [4.69, 9.17) is 0 Å². The van der Waals surface area contributed by atoms with Crippen molar-refractivity contribution in [2.75, 3.05) is 10.2 Å². The van der Waals surface area contributed by atoms with Crippen molar-refractivity contribution in [3.63, 3.8) is 0 Å². The van der Waals surface area contributed by atoms with Gasteiger partial charge in [-0.2, -0.15) is 0 Å². The molecule has 276 valence electrons.